The van der Waals surface area contributed by atoms with E-state index in [0.29, 0.717) is 46.0 Å². The van der Waals surface area contributed by atoms with E-state index in [1.807, 2.05) is 12.1 Å². The van der Waals surface area contributed by atoms with Crippen molar-refractivity contribution in [3.05, 3.63) is 53.6 Å². The molecule has 4 fully saturated rings. The molecule has 1 aromatic rings. The molecule has 3 N–H and O–H groups in total. The van der Waals surface area contributed by atoms with Crippen molar-refractivity contribution < 1.29 is 9.90 Å². The molecule has 5 aliphatic rings. The molecule has 0 aliphatic heterocycles. The van der Waals surface area contributed by atoms with Crippen LogP contribution in [0.5, 0.6) is 0 Å². The van der Waals surface area contributed by atoms with Crippen molar-refractivity contribution in [1.82, 2.24) is 0 Å². The molecule has 0 saturated heterocycles. The van der Waals surface area contributed by atoms with Crippen LogP contribution in [-0.4, -0.2) is 16.6 Å². The highest BCUT2D eigenvalue weighted by Crippen LogP contribution is 2.76. The number of fused-ring (bicyclic) bond motifs is 7. The maximum absolute atomic E-state index is 11.4. The number of nitrogens with two attached hydrogens (primary N) is 1. The lowest BCUT2D eigenvalue weighted by atomic mass is 9.33. The molecule has 3 heteroatoms. The first kappa shape index (κ1) is 27.3. The Hall–Kier alpha value is -1.87. The standard InChI is InChI=1S/C36H51NO2/c1-22(2)25-14-19-36(37)21-20-34(6)27(30(25)36)12-13-29-33(5)17-15-26(23-8-10-24(11-9-23)31(38)39)32(3,4)28(33)16-18-35(29,34)7/h8-11,15,25,27-30H,1,12-14,16-21,37H2,2-7H3,(H,38,39)/t25-,27+,28?,29?,30?,33-,34+,35+,36-/m0/s1. The van der Waals surface area contributed by atoms with E-state index in [4.69, 9.17) is 5.73 Å². The van der Waals surface area contributed by atoms with Crippen LogP contribution in [0.25, 0.3) is 5.57 Å². The summed E-state index contributed by atoms with van der Waals surface area (Å²) in [6, 6.07) is 7.59. The van der Waals surface area contributed by atoms with Gasteiger partial charge in [-0.25, -0.2) is 4.79 Å². The molecule has 0 aromatic heterocycles. The maximum Gasteiger partial charge on any atom is 0.335 e. The molecule has 0 bridgehead atoms. The first-order valence-electron chi connectivity index (χ1n) is 15.7. The lowest BCUT2D eigenvalue weighted by Gasteiger charge is -2.72. The van der Waals surface area contributed by atoms with E-state index >= 15 is 0 Å². The average Bonchev–Trinajstić information content (AvgIpc) is 3.22. The monoisotopic (exact) mass is 529 g/mol. The first-order chi connectivity index (χ1) is 18.2. The fourth-order valence-electron chi connectivity index (χ4n) is 12.1. The molecule has 6 rings (SSSR count). The van der Waals surface area contributed by atoms with Gasteiger partial charge in [-0.3, -0.25) is 0 Å². The summed E-state index contributed by atoms with van der Waals surface area (Å²) in [6.07, 6.45) is 13.7. The van der Waals surface area contributed by atoms with Crippen molar-refractivity contribution in [1.29, 1.82) is 0 Å². The molecule has 0 spiro atoms. The molecular formula is C36H51NO2. The van der Waals surface area contributed by atoms with Crippen LogP contribution < -0.4 is 5.73 Å². The zero-order chi connectivity index (χ0) is 28.2. The molecule has 1 aromatic carbocycles. The summed E-state index contributed by atoms with van der Waals surface area (Å²) in [5.74, 6) is 2.37. The van der Waals surface area contributed by atoms with Gasteiger partial charge in [-0.15, -0.1) is 0 Å². The zero-order valence-electron chi connectivity index (χ0n) is 25.3. The van der Waals surface area contributed by atoms with Crippen LogP contribution in [0.15, 0.2) is 42.5 Å². The van der Waals surface area contributed by atoms with Crippen LogP contribution in [-0.2, 0) is 0 Å². The second-order valence-electron chi connectivity index (χ2n) is 15.8. The quantitative estimate of drug-likeness (QED) is 0.385. The Morgan fingerprint density at radius 3 is 2.23 bits per heavy atom. The summed E-state index contributed by atoms with van der Waals surface area (Å²) >= 11 is 0. The van der Waals surface area contributed by atoms with Crippen molar-refractivity contribution in [2.45, 2.75) is 105 Å². The van der Waals surface area contributed by atoms with Crippen LogP contribution >= 0.6 is 0 Å². The number of allylic oxidation sites excluding steroid dienone is 3. The topological polar surface area (TPSA) is 63.3 Å². The molecule has 9 atom stereocenters. The Kier molecular flexibility index (Phi) is 6.00. The fourth-order valence-corrected chi connectivity index (χ4v) is 12.1. The summed E-state index contributed by atoms with van der Waals surface area (Å²) in [4.78, 5) is 11.4. The summed E-state index contributed by atoms with van der Waals surface area (Å²) < 4.78 is 0. The Bertz CT molecular complexity index is 1230. The zero-order valence-corrected chi connectivity index (χ0v) is 25.3. The first-order valence-corrected chi connectivity index (χ1v) is 15.7. The minimum absolute atomic E-state index is 0.0126. The number of rotatable bonds is 3. The van der Waals surface area contributed by atoms with Crippen molar-refractivity contribution in [3.8, 4) is 0 Å². The van der Waals surface area contributed by atoms with Gasteiger partial charge in [0.1, 0.15) is 0 Å². The second kappa shape index (κ2) is 8.57. The van der Waals surface area contributed by atoms with Crippen LogP contribution in [0.2, 0.25) is 0 Å². The smallest absolute Gasteiger partial charge is 0.335 e. The SMILES string of the molecule is C=C(C)[C@@H]1CC[C@]2(N)CC[C@]3(C)[C@H](CCC4[C@@]5(C)CC=C(c6ccc(C(=O)O)cc6)C(C)(C)C5CC[C@]43C)C12. The van der Waals surface area contributed by atoms with Crippen molar-refractivity contribution in [2.24, 2.45) is 57.0 Å². The highest BCUT2D eigenvalue weighted by Gasteiger charge is 2.70. The molecule has 39 heavy (non-hydrogen) atoms. The lowest BCUT2D eigenvalue weighted by molar-refractivity contribution is -0.217. The Balaban J connectivity index is 1.36. The predicted molar refractivity (Wildman–Crippen MR) is 160 cm³/mol. The highest BCUT2D eigenvalue weighted by molar-refractivity contribution is 5.88. The van der Waals surface area contributed by atoms with E-state index in [1.165, 1.54) is 68.1 Å². The fraction of sp³-hybridized carbons (Fsp3) is 0.694. The molecule has 3 nitrogen and oxygen atoms in total. The number of hydrogen-bond acceptors (Lipinski definition) is 2. The van der Waals surface area contributed by atoms with Gasteiger partial charge >= 0.3 is 5.97 Å². The van der Waals surface area contributed by atoms with Crippen molar-refractivity contribution in [2.75, 3.05) is 0 Å². The van der Waals surface area contributed by atoms with E-state index in [-0.39, 0.29) is 16.4 Å². The molecule has 212 valence electrons. The summed E-state index contributed by atoms with van der Waals surface area (Å²) in [5, 5.41) is 9.39. The minimum Gasteiger partial charge on any atom is -0.478 e. The Morgan fingerprint density at radius 1 is 0.897 bits per heavy atom. The number of aromatic carboxylic acids is 1. The van der Waals surface area contributed by atoms with Gasteiger partial charge in [0, 0.05) is 5.54 Å². The third-order valence-corrected chi connectivity index (χ3v) is 14.2. The van der Waals surface area contributed by atoms with Gasteiger partial charge in [0.2, 0.25) is 0 Å². The average molecular weight is 530 g/mol. The van der Waals surface area contributed by atoms with Gasteiger partial charge in [-0.05, 0) is 139 Å². The van der Waals surface area contributed by atoms with Crippen molar-refractivity contribution in [3.63, 3.8) is 0 Å². The third-order valence-electron chi connectivity index (χ3n) is 14.2. The second-order valence-corrected chi connectivity index (χ2v) is 15.8. The van der Waals surface area contributed by atoms with Gasteiger partial charge in [-0.2, -0.15) is 0 Å². The van der Waals surface area contributed by atoms with E-state index in [9.17, 15) is 9.90 Å². The predicted octanol–water partition coefficient (Wildman–Crippen LogP) is 8.75. The minimum atomic E-state index is -0.858. The van der Waals surface area contributed by atoms with Crippen molar-refractivity contribution >= 4 is 11.5 Å². The van der Waals surface area contributed by atoms with Gasteiger partial charge in [0.25, 0.3) is 0 Å². The van der Waals surface area contributed by atoms with E-state index in [0.717, 1.165) is 6.42 Å². The van der Waals surface area contributed by atoms with E-state index in [1.54, 1.807) is 12.1 Å². The third kappa shape index (κ3) is 3.53. The summed E-state index contributed by atoms with van der Waals surface area (Å²) in [6.45, 7) is 19.6. The molecule has 0 radical (unpaired) electrons. The number of carboxylic acids is 1. The molecule has 4 saturated carbocycles. The highest BCUT2D eigenvalue weighted by atomic mass is 16.4. The van der Waals surface area contributed by atoms with Gasteiger partial charge < -0.3 is 10.8 Å². The molecule has 0 heterocycles. The van der Waals surface area contributed by atoms with Crippen LogP contribution in [0.1, 0.15) is 115 Å². The number of carbonyl (C=O) groups is 1. The Labute approximate surface area is 236 Å². The number of hydrogen-bond donors (Lipinski definition) is 2. The van der Waals surface area contributed by atoms with Crippen LogP contribution in [0, 0.1) is 51.2 Å². The summed E-state index contributed by atoms with van der Waals surface area (Å²) in [7, 11) is 0. The number of benzene rings is 1. The largest absolute Gasteiger partial charge is 0.478 e. The van der Waals surface area contributed by atoms with Crippen LogP contribution in [0.3, 0.4) is 0 Å². The molecule has 0 amide bonds. The van der Waals surface area contributed by atoms with E-state index < -0.39 is 5.97 Å². The van der Waals surface area contributed by atoms with E-state index in [2.05, 4.69) is 54.2 Å². The maximum atomic E-state index is 11.4. The summed E-state index contributed by atoms with van der Waals surface area (Å²) in [5.41, 5.74) is 12.6. The van der Waals surface area contributed by atoms with Crippen LogP contribution in [0.4, 0.5) is 0 Å². The van der Waals surface area contributed by atoms with Gasteiger partial charge in [-0.1, -0.05) is 65.0 Å². The molecular weight excluding hydrogens is 478 g/mol. The Morgan fingerprint density at radius 2 is 1.59 bits per heavy atom. The lowest BCUT2D eigenvalue weighted by Crippen LogP contribution is -2.67. The normalized spacial score (nSPS) is 46.2. The molecule has 5 aliphatic carbocycles. The van der Waals surface area contributed by atoms with Gasteiger partial charge in [0.05, 0.1) is 5.56 Å². The van der Waals surface area contributed by atoms with Gasteiger partial charge in [0.15, 0.2) is 0 Å². The number of carboxylic acid groups (broad SMARTS) is 1. The molecule has 3 unspecified atom stereocenters.